The molecule has 2 fully saturated rings. The first-order valence-corrected chi connectivity index (χ1v) is 7.37. The fourth-order valence-corrected chi connectivity index (χ4v) is 3.15. The largest absolute Gasteiger partial charge is 0.334 e. The van der Waals surface area contributed by atoms with Gasteiger partial charge in [-0.15, -0.1) is 0 Å². The van der Waals surface area contributed by atoms with Crippen LogP contribution in [-0.2, 0) is 0 Å². The third kappa shape index (κ3) is 3.37. The Morgan fingerprint density at radius 1 is 1.22 bits per heavy atom. The van der Waals surface area contributed by atoms with Crippen molar-refractivity contribution in [3.05, 3.63) is 0 Å². The van der Waals surface area contributed by atoms with E-state index in [2.05, 4.69) is 31.4 Å². The highest BCUT2D eigenvalue weighted by atomic mass is 16.2. The lowest BCUT2D eigenvalue weighted by Gasteiger charge is -2.37. The molecule has 4 nitrogen and oxygen atoms in total. The monoisotopic (exact) mass is 253 g/mol. The molecule has 2 saturated heterocycles. The summed E-state index contributed by atoms with van der Waals surface area (Å²) >= 11 is 0. The zero-order valence-corrected chi connectivity index (χ0v) is 11.9. The van der Waals surface area contributed by atoms with Gasteiger partial charge in [-0.05, 0) is 45.4 Å². The number of piperidine rings is 2. The number of hydrogen-bond donors (Lipinski definition) is 2. The number of rotatable bonds is 1. The van der Waals surface area contributed by atoms with Crippen LogP contribution in [0.25, 0.3) is 0 Å². The second-order valence-electron chi connectivity index (χ2n) is 6.18. The zero-order valence-electron chi connectivity index (χ0n) is 11.9. The van der Waals surface area contributed by atoms with E-state index in [-0.39, 0.29) is 12.1 Å². The highest BCUT2D eigenvalue weighted by Crippen LogP contribution is 2.17. The van der Waals surface area contributed by atoms with Crippen molar-refractivity contribution in [2.24, 2.45) is 5.92 Å². The number of nitrogens with one attached hydrogen (secondary N) is 2. The van der Waals surface area contributed by atoms with Crippen LogP contribution >= 0.6 is 0 Å². The minimum atomic E-state index is 0.134. The van der Waals surface area contributed by atoms with Gasteiger partial charge in [-0.25, -0.2) is 4.79 Å². The van der Waals surface area contributed by atoms with E-state index in [1.165, 1.54) is 6.42 Å². The first-order chi connectivity index (χ1) is 8.56. The maximum atomic E-state index is 12.2. The quantitative estimate of drug-likeness (QED) is 0.750. The van der Waals surface area contributed by atoms with Crippen LogP contribution < -0.4 is 10.6 Å². The molecule has 2 aliphatic rings. The topological polar surface area (TPSA) is 44.4 Å². The number of carbonyl (C=O) groups excluding carboxylic acids is 1. The second kappa shape index (κ2) is 5.91. The Morgan fingerprint density at radius 3 is 2.67 bits per heavy atom. The molecule has 0 aromatic rings. The summed E-state index contributed by atoms with van der Waals surface area (Å²) in [6, 6.07) is 1.36. The molecule has 18 heavy (non-hydrogen) atoms. The van der Waals surface area contributed by atoms with E-state index in [9.17, 15) is 4.79 Å². The Morgan fingerprint density at radius 2 is 2.00 bits per heavy atom. The SMILES string of the molecule is CC1CCCN(C(=O)NC2CCC(C)NC2C)C1. The van der Waals surface area contributed by atoms with Gasteiger partial charge in [0.1, 0.15) is 0 Å². The maximum absolute atomic E-state index is 12.2. The van der Waals surface area contributed by atoms with Gasteiger partial charge >= 0.3 is 6.03 Å². The number of amides is 2. The van der Waals surface area contributed by atoms with Crippen molar-refractivity contribution in [3.63, 3.8) is 0 Å². The van der Waals surface area contributed by atoms with E-state index in [4.69, 9.17) is 0 Å². The molecule has 2 rings (SSSR count). The van der Waals surface area contributed by atoms with E-state index in [1.54, 1.807) is 0 Å². The van der Waals surface area contributed by atoms with Crippen LogP contribution in [0.2, 0.25) is 0 Å². The number of urea groups is 1. The number of hydrogen-bond acceptors (Lipinski definition) is 2. The third-order valence-electron chi connectivity index (χ3n) is 4.31. The summed E-state index contributed by atoms with van der Waals surface area (Å²) in [7, 11) is 0. The molecule has 0 spiro atoms. The van der Waals surface area contributed by atoms with Gasteiger partial charge in [0.05, 0.1) is 0 Å². The summed E-state index contributed by atoms with van der Waals surface area (Å²) < 4.78 is 0. The molecular weight excluding hydrogens is 226 g/mol. The molecule has 0 aromatic carbocycles. The van der Waals surface area contributed by atoms with Crippen molar-refractivity contribution in [3.8, 4) is 0 Å². The molecule has 104 valence electrons. The smallest absolute Gasteiger partial charge is 0.317 e. The molecule has 2 aliphatic heterocycles. The van der Waals surface area contributed by atoms with Gasteiger partial charge in [0, 0.05) is 31.2 Å². The lowest BCUT2D eigenvalue weighted by molar-refractivity contribution is 0.159. The molecule has 2 N–H and O–H groups in total. The van der Waals surface area contributed by atoms with Crippen molar-refractivity contribution in [1.29, 1.82) is 0 Å². The fraction of sp³-hybridized carbons (Fsp3) is 0.929. The van der Waals surface area contributed by atoms with E-state index >= 15 is 0 Å². The van der Waals surface area contributed by atoms with Crippen molar-refractivity contribution < 1.29 is 4.79 Å². The van der Waals surface area contributed by atoms with Crippen LogP contribution in [-0.4, -0.2) is 42.1 Å². The third-order valence-corrected chi connectivity index (χ3v) is 4.31. The van der Waals surface area contributed by atoms with Crippen LogP contribution in [0, 0.1) is 5.92 Å². The van der Waals surface area contributed by atoms with Gasteiger partial charge in [-0.2, -0.15) is 0 Å². The predicted molar refractivity (Wildman–Crippen MR) is 73.6 cm³/mol. The fourth-order valence-electron chi connectivity index (χ4n) is 3.15. The van der Waals surface area contributed by atoms with Crippen molar-refractivity contribution in [2.75, 3.05) is 13.1 Å². The second-order valence-corrected chi connectivity index (χ2v) is 6.18. The lowest BCUT2D eigenvalue weighted by Crippen LogP contribution is -2.57. The minimum Gasteiger partial charge on any atom is -0.334 e. The number of nitrogens with zero attached hydrogens (tertiary/aromatic N) is 1. The van der Waals surface area contributed by atoms with Crippen LogP contribution in [0.5, 0.6) is 0 Å². The highest BCUT2D eigenvalue weighted by Gasteiger charge is 2.28. The maximum Gasteiger partial charge on any atom is 0.317 e. The first kappa shape index (κ1) is 13.7. The Labute approximate surface area is 110 Å². The Balaban J connectivity index is 1.83. The van der Waals surface area contributed by atoms with E-state index in [1.807, 2.05) is 4.90 Å². The van der Waals surface area contributed by atoms with Gasteiger partial charge in [0.25, 0.3) is 0 Å². The molecule has 0 saturated carbocycles. The van der Waals surface area contributed by atoms with E-state index in [0.717, 1.165) is 32.4 Å². The van der Waals surface area contributed by atoms with E-state index in [0.29, 0.717) is 18.0 Å². The Kier molecular flexibility index (Phi) is 4.49. The predicted octanol–water partition coefficient (Wildman–Crippen LogP) is 1.96. The van der Waals surface area contributed by atoms with Crippen LogP contribution in [0.4, 0.5) is 4.79 Å². The van der Waals surface area contributed by atoms with Gasteiger partial charge in [-0.3, -0.25) is 0 Å². The number of carbonyl (C=O) groups is 1. The van der Waals surface area contributed by atoms with Crippen molar-refractivity contribution in [1.82, 2.24) is 15.5 Å². The molecule has 2 heterocycles. The number of likely N-dealkylation sites (tertiary alicyclic amines) is 1. The Hall–Kier alpha value is -0.770. The van der Waals surface area contributed by atoms with E-state index < -0.39 is 0 Å². The van der Waals surface area contributed by atoms with Crippen LogP contribution in [0.3, 0.4) is 0 Å². The summed E-state index contributed by atoms with van der Waals surface area (Å²) in [5.74, 6) is 0.645. The average molecular weight is 253 g/mol. The molecule has 4 atom stereocenters. The van der Waals surface area contributed by atoms with Gasteiger partial charge in [-0.1, -0.05) is 6.92 Å². The van der Waals surface area contributed by atoms with Gasteiger partial charge in [0.2, 0.25) is 0 Å². The molecule has 0 aromatic heterocycles. The standard InChI is InChI=1S/C14H27N3O/c1-10-5-4-8-17(9-10)14(18)16-13-7-6-11(2)15-12(13)3/h10-13,15H,4-9H2,1-3H3,(H,16,18). The molecule has 4 heteroatoms. The summed E-state index contributed by atoms with van der Waals surface area (Å²) in [4.78, 5) is 14.2. The minimum absolute atomic E-state index is 0.134. The van der Waals surface area contributed by atoms with Crippen molar-refractivity contribution >= 4 is 6.03 Å². The van der Waals surface area contributed by atoms with Crippen molar-refractivity contribution in [2.45, 2.75) is 64.6 Å². The molecule has 0 aliphatic carbocycles. The molecule has 4 unspecified atom stereocenters. The summed E-state index contributed by atoms with van der Waals surface area (Å²) in [5.41, 5.74) is 0. The molecular formula is C14H27N3O. The summed E-state index contributed by atoms with van der Waals surface area (Å²) in [6.45, 7) is 8.43. The highest BCUT2D eigenvalue weighted by molar-refractivity contribution is 5.74. The molecule has 0 radical (unpaired) electrons. The normalized spacial score (nSPS) is 37.4. The summed E-state index contributed by atoms with van der Waals surface area (Å²) in [6.07, 6.45) is 4.63. The molecule has 2 amide bonds. The van der Waals surface area contributed by atoms with Gasteiger partial charge < -0.3 is 15.5 Å². The van der Waals surface area contributed by atoms with Gasteiger partial charge in [0.15, 0.2) is 0 Å². The average Bonchev–Trinajstić information content (AvgIpc) is 2.32. The summed E-state index contributed by atoms with van der Waals surface area (Å²) in [5, 5.41) is 6.72. The Bertz CT molecular complexity index is 295. The molecule has 0 bridgehead atoms. The van der Waals surface area contributed by atoms with Crippen LogP contribution in [0.15, 0.2) is 0 Å². The van der Waals surface area contributed by atoms with Crippen LogP contribution in [0.1, 0.15) is 46.5 Å². The lowest BCUT2D eigenvalue weighted by atomic mass is 9.95. The zero-order chi connectivity index (χ0) is 13.1. The first-order valence-electron chi connectivity index (χ1n) is 7.37.